The van der Waals surface area contributed by atoms with E-state index in [9.17, 15) is 0 Å². The van der Waals surface area contributed by atoms with Crippen LogP contribution in [0.5, 0.6) is 0 Å². The lowest BCUT2D eigenvalue weighted by atomic mass is 10.0. The summed E-state index contributed by atoms with van der Waals surface area (Å²) < 4.78 is 0. The molecule has 0 spiro atoms. The van der Waals surface area contributed by atoms with Crippen LogP contribution in [0.4, 0.5) is 0 Å². The van der Waals surface area contributed by atoms with Crippen molar-refractivity contribution < 1.29 is 0 Å². The Kier molecular flexibility index (Phi) is 2.40. The molecule has 1 saturated carbocycles. The molecule has 0 aromatic carbocycles. The van der Waals surface area contributed by atoms with Crippen LogP contribution in [0.3, 0.4) is 0 Å². The molecule has 1 atom stereocenters. The van der Waals surface area contributed by atoms with Crippen molar-refractivity contribution in [3.8, 4) is 0 Å². The summed E-state index contributed by atoms with van der Waals surface area (Å²) in [6, 6.07) is 0.908. The van der Waals surface area contributed by atoms with Crippen LogP contribution in [-0.2, 0) is 0 Å². The Morgan fingerprint density at radius 2 is 2.00 bits per heavy atom. The van der Waals surface area contributed by atoms with E-state index in [0.29, 0.717) is 0 Å². The normalized spacial score (nSPS) is 31.8. The molecular weight excluding hydrogens is 146 g/mol. The fraction of sp³-hybridized carbons (Fsp3) is 1.00. The lowest BCUT2D eigenvalue weighted by molar-refractivity contribution is 0.199. The predicted molar refractivity (Wildman–Crippen MR) is 52.2 cm³/mol. The first-order chi connectivity index (χ1) is 5.77. The van der Waals surface area contributed by atoms with Crippen LogP contribution in [-0.4, -0.2) is 24.0 Å². The smallest absolute Gasteiger partial charge is 0.0119 e. The van der Waals surface area contributed by atoms with Crippen molar-refractivity contribution in [2.24, 2.45) is 11.8 Å². The molecule has 1 nitrogen and oxygen atoms in total. The van der Waals surface area contributed by atoms with Gasteiger partial charge >= 0.3 is 0 Å². The third-order valence-electron chi connectivity index (χ3n) is 3.37. The van der Waals surface area contributed by atoms with Gasteiger partial charge in [0.25, 0.3) is 0 Å². The molecule has 70 valence electrons. The van der Waals surface area contributed by atoms with E-state index in [4.69, 9.17) is 0 Å². The molecular formula is C11H21N. The highest BCUT2D eigenvalue weighted by Gasteiger charge is 2.31. The van der Waals surface area contributed by atoms with Crippen molar-refractivity contribution in [3.05, 3.63) is 0 Å². The third-order valence-corrected chi connectivity index (χ3v) is 3.37. The van der Waals surface area contributed by atoms with Gasteiger partial charge in [-0.1, -0.05) is 13.8 Å². The molecule has 2 fully saturated rings. The van der Waals surface area contributed by atoms with Crippen LogP contribution < -0.4 is 0 Å². The maximum absolute atomic E-state index is 2.74. The van der Waals surface area contributed by atoms with E-state index in [1.54, 1.807) is 0 Å². The van der Waals surface area contributed by atoms with E-state index in [1.807, 2.05) is 0 Å². The summed E-state index contributed by atoms with van der Waals surface area (Å²) >= 11 is 0. The lowest BCUT2D eigenvalue weighted by Crippen LogP contribution is -2.34. The van der Waals surface area contributed by atoms with Crippen LogP contribution in [0.15, 0.2) is 0 Å². The van der Waals surface area contributed by atoms with Gasteiger partial charge in [0.15, 0.2) is 0 Å². The summed E-state index contributed by atoms with van der Waals surface area (Å²) in [4.78, 5) is 2.74. The molecule has 0 N–H and O–H groups in total. The minimum Gasteiger partial charge on any atom is -0.300 e. The molecule has 1 saturated heterocycles. The highest BCUT2D eigenvalue weighted by molar-refractivity contribution is 4.86. The SMILES string of the molecule is CC(C)C1CCCN1CC1CC1. The second-order valence-corrected chi connectivity index (χ2v) is 4.89. The number of rotatable bonds is 3. The molecule has 2 aliphatic rings. The molecule has 12 heavy (non-hydrogen) atoms. The van der Waals surface area contributed by atoms with Crippen LogP contribution in [0.1, 0.15) is 39.5 Å². The summed E-state index contributed by atoms with van der Waals surface area (Å²) in [5.41, 5.74) is 0. The standard InChI is InChI=1S/C11H21N/c1-9(2)11-4-3-7-12(11)8-10-5-6-10/h9-11H,3-8H2,1-2H3. The topological polar surface area (TPSA) is 3.24 Å². The van der Waals surface area contributed by atoms with Crippen molar-refractivity contribution in [1.29, 1.82) is 0 Å². The minimum atomic E-state index is 0.867. The van der Waals surface area contributed by atoms with Gasteiger partial charge in [-0.25, -0.2) is 0 Å². The van der Waals surface area contributed by atoms with Crippen molar-refractivity contribution in [3.63, 3.8) is 0 Å². The van der Waals surface area contributed by atoms with Crippen LogP contribution >= 0.6 is 0 Å². The summed E-state index contributed by atoms with van der Waals surface area (Å²) in [5, 5.41) is 0. The van der Waals surface area contributed by atoms with Crippen LogP contribution in [0, 0.1) is 11.8 Å². The molecule has 0 radical (unpaired) electrons. The number of hydrogen-bond acceptors (Lipinski definition) is 1. The Bertz CT molecular complexity index is 149. The number of likely N-dealkylation sites (tertiary alicyclic amines) is 1. The summed E-state index contributed by atoms with van der Waals surface area (Å²) in [7, 11) is 0. The lowest BCUT2D eigenvalue weighted by Gasteiger charge is -2.27. The van der Waals surface area contributed by atoms with Gasteiger partial charge < -0.3 is 0 Å². The zero-order chi connectivity index (χ0) is 8.55. The van der Waals surface area contributed by atoms with E-state index >= 15 is 0 Å². The zero-order valence-corrected chi connectivity index (χ0v) is 8.42. The predicted octanol–water partition coefficient (Wildman–Crippen LogP) is 2.52. The first-order valence-electron chi connectivity index (χ1n) is 5.51. The molecule has 1 aliphatic carbocycles. The third kappa shape index (κ3) is 1.82. The second kappa shape index (κ2) is 3.37. The molecule has 0 aromatic rings. The summed E-state index contributed by atoms with van der Waals surface area (Å²) in [6.07, 6.45) is 5.89. The van der Waals surface area contributed by atoms with Crippen molar-refractivity contribution in [2.75, 3.05) is 13.1 Å². The van der Waals surface area contributed by atoms with E-state index in [2.05, 4.69) is 18.7 Å². The molecule has 2 rings (SSSR count). The van der Waals surface area contributed by atoms with Gasteiger partial charge in [-0.05, 0) is 44.1 Å². The van der Waals surface area contributed by atoms with E-state index < -0.39 is 0 Å². The fourth-order valence-electron chi connectivity index (χ4n) is 2.47. The Balaban J connectivity index is 1.84. The van der Waals surface area contributed by atoms with Crippen molar-refractivity contribution in [1.82, 2.24) is 4.90 Å². The van der Waals surface area contributed by atoms with Gasteiger partial charge in [-0.2, -0.15) is 0 Å². The molecule has 0 amide bonds. The molecule has 0 bridgehead atoms. The number of hydrogen-bond donors (Lipinski definition) is 0. The van der Waals surface area contributed by atoms with Gasteiger partial charge in [-0.3, -0.25) is 4.90 Å². The average Bonchev–Trinajstić information content (AvgIpc) is 2.66. The van der Waals surface area contributed by atoms with Crippen LogP contribution in [0.2, 0.25) is 0 Å². The highest BCUT2D eigenvalue weighted by Crippen LogP contribution is 2.33. The van der Waals surface area contributed by atoms with Gasteiger partial charge in [0.1, 0.15) is 0 Å². The van der Waals surface area contributed by atoms with Gasteiger partial charge in [0, 0.05) is 12.6 Å². The average molecular weight is 167 g/mol. The summed E-state index contributed by atoms with van der Waals surface area (Å²) in [5.74, 6) is 1.94. The Hall–Kier alpha value is -0.0400. The Morgan fingerprint density at radius 3 is 2.58 bits per heavy atom. The number of nitrogens with zero attached hydrogens (tertiary/aromatic N) is 1. The van der Waals surface area contributed by atoms with Crippen molar-refractivity contribution >= 4 is 0 Å². The van der Waals surface area contributed by atoms with E-state index in [1.165, 1.54) is 38.8 Å². The second-order valence-electron chi connectivity index (χ2n) is 4.89. The highest BCUT2D eigenvalue weighted by atomic mass is 15.2. The van der Waals surface area contributed by atoms with E-state index in [0.717, 1.165) is 17.9 Å². The van der Waals surface area contributed by atoms with Gasteiger partial charge in [-0.15, -0.1) is 0 Å². The van der Waals surface area contributed by atoms with Gasteiger partial charge in [0.05, 0.1) is 0 Å². The van der Waals surface area contributed by atoms with Gasteiger partial charge in [0.2, 0.25) is 0 Å². The summed E-state index contributed by atoms with van der Waals surface area (Å²) in [6.45, 7) is 7.52. The molecule has 1 heteroatoms. The first kappa shape index (κ1) is 8.55. The van der Waals surface area contributed by atoms with E-state index in [-0.39, 0.29) is 0 Å². The van der Waals surface area contributed by atoms with Crippen molar-refractivity contribution in [2.45, 2.75) is 45.6 Å². The molecule has 1 heterocycles. The van der Waals surface area contributed by atoms with Crippen LogP contribution in [0.25, 0.3) is 0 Å². The zero-order valence-electron chi connectivity index (χ0n) is 8.42. The Labute approximate surface area is 76.1 Å². The quantitative estimate of drug-likeness (QED) is 0.624. The monoisotopic (exact) mass is 167 g/mol. The fourth-order valence-corrected chi connectivity index (χ4v) is 2.47. The largest absolute Gasteiger partial charge is 0.300 e. The maximum Gasteiger partial charge on any atom is 0.0119 e. The molecule has 1 aliphatic heterocycles. The first-order valence-corrected chi connectivity index (χ1v) is 5.51. The molecule has 1 unspecified atom stereocenters. The maximum atomic E-state index is 2.74. The Morgan fingerprint density at radius 1 is 1.25 bits per heavy atom. The minimum absolute atomic E-state index is 0.867. The molecule has 0 aromatic heterocycles.